The van der Waals surface area contributed by atoms with Gasteiger partial charge in [-0.3, -0.25) is 9.59 Å². The summed E-state index contributed by atoms with van der Waals surface area (Å²) in [6.07, 6.45) is 3.39. The Morgan fingerprint density at radius 2 is 1.72 bits per heavy atom. The van der Waals surface area contributed by atoms with Gasteiger partial charge in [0.1, 0.15) is 0 Å². The van der Waals surface area contributed by atoms with Gasteiger partial charge in [-0.25, -0.2) is 0 Å². The van der Waals surface area contributed by atoms with Crippen LogP contribution in [0.15, 0.2) is 0 Å². The average molecular weight is 251 g/mol. The van der Waals surface area contributed by atoms with E-state index in [-0.39, 0.29) is 11.8 Å². The molecule has 3 aliphatic rings. The van der Waals surface area contributed by atoms with Gasteiger partial charge in [0.05, 0.1) is 5.92 Å². The van der Waals surface area contributed by atoms with E-state index in [9.17, 15) is 9.59 Å². The van der Waals surface area contributed by atoms with Crippen LogP contribution in [-0.2, 0) is 9.59 Å². The Morgan fingerprint density at radius 3 is 2.22 bits per heavy atom. The second kappa shape index (κ2) is 4.53. The second-order valence-corrected chi connectivity index (χ2v) is 5.72. The number of nitrogens with zero attached hydrogens (tertiary/aromatic N) is 2. The van der Waals surface area contributed by atoms with Gasteiger partial charge in [-0.2, -0.15) is 0 Å². The molecule has 3 aliphatic heterocycles. The second-order valence-electron chi connectivity index (χ2n) is 5.72. The summed E-state index contributed by atoms with van der Waals surface area (Å²) in [5, 5.41) is 3.51. The quantitative estimate of drug-likeness (QED) is 0.703. The Labute approximate surface area is 107 Å². The molecule has 3 saturated heterocycles. The van der Waals surface area contributed by atoms with E-state index < -0.39 is 0 Å². The maximum atomic E-state index is 12.4. The van der Waals surface area contributed by atoms with Crippen LogP contribution in [-0.4, -0.2) is 59.9 Å². The van der Waals surface area contributed by atoms with Gasteiger partial charge in [0.15, 0.2) is 0 Å². The molecule has 3 heterocycles. The summed E-state index contributed by atoms with van der Waals surface area (Å²) < 4.78 is 0. The van der Waals surface area contributed by atoms with Crippen LogP contribution in [0.4, 0.5) is 0 Å². The minimum absolute atomic E-state index is 0.115. The summed E-state index contributed by atoms with van der Waals surface area (Å²) >= 11 is 0. The highest BCUT2D eigenvalue weighted by Crippen LogP contribution is 2.34. The van der Waals surface area contributed by atoms with Crippen LogP contribution in [0.3, 0.4) is 0 Å². The van der Waals surface area contributed by atoms with Crippen LogP contribution in [0.25, 0.3) is 0 Å². The molecule has 2 amide bonds. The van der Waals surface area contributed by atoms with Gasteiger partial charge in [0.25, 0.3) is 0 Å². The molecule has 0 spiro atoms. The predicted octanol–water partition coefficient (Wildman–Crippen LogP) is -0.182. The lowest BCUT2D eigenvalue weighted by Crippen LogP contribution is -2.52. The van der Waals surface area contributed by atoms with E-state index in [1.807, 2.05) is 9.80 Å². The van der Waals surface area contributed by atoms with Gasteiger partial charge in [0, 0.05) is 45.2 Å². The lowest BCUT2D eigenvalue weighted by atomic mass is 9.88. The van der Waals surface area contributed by atoms with E-state index in [2.05, 4.69) is 5.32 Å². The van der Waals surface area contributed by atoms with Gasteiger partial charge < -0.3 is 15.1 Å². The number of amides is 2. The highest BCUT2D eigenvalue weighted by Gasteiger charge is 2.44. The molecule has 0 aliphatic carbocycles. The zero-order valence-electron chi connectivity index (χ0n) is 10.9. The fraction of sp³-hybridized carbons (Fsp3) is 0.846. The third-order valence-electron chi connectivity index (χ3n) is 4.65. The first-order chi connectivity index (χ1) is 8.65. The first-order valence-electron chi connectivity index (χ1n) is 6.95. The Morgan fingerprint density at radius 1 is 1.06 bits per heavy atom. The Hall–Kier alpha value is -1.10. The molecule has 0 saturated carbocycles. The topological polar surface area (TPSA) is 52.7 Å². The average Bonchev–Trinajstić information content (AvgIpc) is 3.00. The first-order valence-corrected chi connectivity index (χ1v) is 6.95. The molecule has 5 nitrogen and oxygen atoms in total. The number of hydrogen-bond donors (Lipinski definition) is 1. The normalized spacial score (nSPS) is 35.1. The molecule has 0 radical (unpaired) electrons. The molecule has 0 aromatic rings. The third-order valence-corrected chi connectivity index (χ3v) is 4.65. The van der Waals surface area contributed by atoms with Gasteiger partial charge in [0.2, 0.25) is 11.8 Å². The summed E-state index contributed by atoms with van der Waals surface area (Å²) in [6.45, 7) is 4.38. The number of rotatable bonds is 1. The van der Waals surface area contributed by atoms with Crippen LogP contribution in [0, 0.1) is 5.92 Å². The molecule has 3 unspecified atom stereocenters. The lowest BCUT2D eigenvalue weighted by Gasteiger charge is -2.36. The lowest BCUT2D eigenvalue weighted by molar-refractivity contribution is -0.141. The monoisotopic (exact) mass is 251 g/mol. The zero-order chi connectivity index (χ0) is 12.7. The molecule has 1 N–H and O–H groups in total. The van der Waals surface area contributed by atoms with Gasteiger partial charge in [-0.15, -0.1) is 0 Å². The zero-order valence-corrected chi connectivity index (χ0v) is 10.9. The number of fused-ring (bicyclic) bond motifs is 2. The fourth-order valence-corrected chi connectivity index (χ4v) is 3.57. The maximum Gasteiger partial charge on any atom is 0.227 e. The summed E-state index contributed by atoms with van der Waals surface area (Å²) in [7, 11) is 0. The number of carbonyl (C=O) groups is 2. The van der Waals surface area contributed by atoms with E-state index in [1.54, 1.807) is 6.92 Å². The van der Waals surface area contributed by atoms with Crippen LogP contribution >= 0.6 is 0 Å². The van der Waals surface area contributed by atoms with Gasteiger partial charge >= 0.3 is 0 Å². The number of hydrogen-bond acceptors (Lipinski definition) is 3. The van der Waals surface area contributed by atoms with Gasteiger partial charge in [-0.1, -0.05) is 0 Å². The van der Waals surface area contributed by atoms with Crippen molar-refractivity contribution in [3.63, 3.8) is 0 Å². The Bertz CT molecular complexity index is 363. The molecule has 3 atom stereocenters. The molecule has 100 valence electrons. The smallest absolute Gasteiger partial charge is 0.227 e. The maximum absolute atomic E-state index is 12.4. The first kappa shape index (κ1) is 12.0. The van der Waals surface area contributed by atoms with Crippen LogP contribution in [0.5, 0.6) is 0 Å². The van der Waals surface area contributed by atoms with E-state index in [0.717, 1.165) is 12.8 Å². The molecular weight excluding hydrogens is 230 g/mol. The highest BCUT2D eigenvalue weighted by atomic mass is 16.2. The summed E-state index contributed by atoms with van der Waals surface area (Å²) in [5.74, 6) is 0.606. The Balaban J connectivity index is 1.56. The van der Waals surface area contributed by atoms with Crippen LogP contribution in [0.2, 0.25) is 0 Å². The fourth-order valence-electron chi connectivity index (χ4n) is 3.57. The summed E-state index contributed by atoms with van der Waals surface area (Å²) in [6, 6.07) is 0.982. The minimum Gasteiger partial charge on any atom is -0.339 e. The molecule has 0 aromatic carbocycles. The van der Waals surface area contributed by atoms with E-state index >= 15 is 0 Å². The van der Waals surface area contributed by atoms with Crippen LogP contribution < -0.4 is 5.32 Å². The van der Waals surface area contributed by atoms with Crippen molar-refractivity contribution in [2.24, 2.45) is 5.92 Å². The number of piperazine rings is 1. The molecule has 3 rings (SSSR count). The molecule has 3 fully saturated rings. The molecule has 0 aromatic heterocycles. The van der Waals surface area contributed by atoms with Crippen molar-refractivity contribution in [3.05, 3.63) is 0 Å². The SMILES string of the molecule is CC(=O)N1CCN(C(=O)C2CC3CCC2N3)CC1. The molecule has 18 heavy (non-hydrogen) atoms. The molecular formula is C13H21N3O2. The largest absolute Gasteiger partial charge is 0.339 e. The standard InChI is InChI=1S/C13H21N3O2/c1-9(17)15-4-6-16(7-5-15)13(18)11-8-10-2-3-12(11)14-10/h10-12,14H,2-8H2,1H3. The van der Waals surface area contributed by atoms with Crippen molar-refractivity contribution in [1.82, 2.24) is 15.1 Å². The summed E-state index contributed by atoms with van der Waals surface area (Å²) in [5.41, 5.74) is 0. The molecule has 5 heteroatoms. The van der Waals surface area contributed by atoms with Gasteiger partial charge in [-0.05, 0) is 19.3 Å². The van der Waals surface area contributed by atoms with E-state index in [0.29, 0.717) is 44.2 Å². The van der Waals surface area contributed by atoms with Crippen molar-refractivity contribution >= 4 is 11.8 Å². The number of carbonyl (C=O) groups excluding carboxylic acids is 2. The molecule has 2 bridgehead atoms. The minimum atomic E-state index is 0.115. The number of nitrogens with one attached hydrogen (secondary N) is 1. The van der Waals surface area contributed by atoms with Crippen LogP contribution in [0.1, 0.15) is 26.2 Å². The van der Waals surface area contributed by atoms with Crippen molar-refractivity contribution in [2.75, 3.05) is 26.2 Å². The third kappa shape index (κ3) is 2.00. The van der Waals surface area contributed by atoms with E-state index in [1.165, 1.54) is 6.42 Å². The van der Waals surface area contributed by atoms with E-state index in [4.69, 9.17) is 0 Å². The van der Waals surface area contributed by atoms with Crippen molar-refractivity contribution in [1.29, 1.82) is 0 Å². The summed E-state index contributed by atoms with van der Waals surface area (Å²) in [4.78, 5) is 27.5. The van der Waals surface area contributed by atoms with Crippen molar-refractivity contribution in [2.45, 2.75) is 38.3 Å². The van der Waals surface area contributed by atoms with Crippen molar-refractivity contribution in [3.8, 4) is 0 Å². The van der Waals surface area contributed by atoms with Crippen molar-refractivity contribution < 1.29 is 9.59 Å². The predicted molar refractivity (Wildman–Crippen MR) is 66.9 cm³/mol. The highest BCUT2D eigenvalue weighted by molar-refractivity contribution is 5.81. The Kier molecular flexibility index (Phi) is 3.01.